The van der Waals surface area contributed by atoms with Gasteiger partial charge in [0.25, 0.3) is 0 Å². The predicted molar refractivity (Wildman–Crippen MR) is 34.2 cm³/mol. The van der Waals surface area contributed by atoms with E-state index in [-0.39, 0.29) is 18.9 Å². The maximum atomic E-state index is 4.82. The SMILES string of the molecule is Cc1cc(=S)s[nH]1.[Li+]. The molecule has 0 aliphatic carbocycles. The Morgan fingerprint density at radius 1 is 1.75 bits per heavy atom. The molecule has 0 atom stereocenters. The summed E-state index contributed by atoms with van der Waals surface area (Å²) in [6.07, 6.45) is 0. The Kier molecular flexibility index (Phi) is 3.66. The summed E-state index contributed by atoms with van der Waals surface area (Å²) >= 11 is 6.31. The number of H-pyrrole nitrogens is 1. The van der Waals surface area contributed by atoms with E-state index in [0.29, 0.717) is 0 Å². The van der Waals surface area contributed by atoms with Crippen LogP contribution in [-0.2, 0) is 0 Å². The van der Waals surface area contributed by atoms with Crippen LogP contribution in [0.15, 0.2) is 6.07 Å². The number of aromatic nitrogens is 1. The molecule has 8 heavy (non-hydrogen) atoms. The van der Waals surface area contributed by atoms with Gasteiger partial charge in [-0.1, -0.05) is 23.8 Å². The minimum atomic E-state index is 0. The van der Waals surface area contributed by atoms with Gasteiger partial charge < -0.3 is 4.37 Å². The van der Waals surface area contributed by atoms with Crippen LogP contribution in [0, 0.1) is 10.7 Å². The fourth-order valence-corrected chi connectivity index (χ4v) is 1.22. The Balaban J connectivity index is 0.000000490. The van der Waals surface area contributed by atoms with Crippen molar-refractivity contribution >= 4 is 23.8 Å². The molecule has 1 nitrogen and oxygen atoms in total. The maximum absolute atomic E-state index is 4.82. The van der Waals surface area contributed by atoms with Crippen molar-refractivity contribution in [3.8, 4) is 0 Å². The van der Waals surface area contributed by atoms with Gasteiger partial charge in [-0.15, -0.1) is 0 Å². The molecule has 0 aromatic carbocycles. The van der Waals surface area contributed by atoms with Crippen molar-refractivity contribution in [3.05, 3.63) is 15.6 Å². The molecule has 1 heterocycles. The third-order valence-corrected chi connectivity index (χ3v) is 1.76. The number of rotatable bonds is 0. The first-order chi connectivity index (χ1) is 3.29. The third-order valence-electron chi connectivity index (χ3n) is 0.647. The van der Waals surface area contributed by atoms with Gasteiger partial charge in [-0.2, -0.15) is 0 Å². The topological polar surface area (TPSA) is 15.8 Å². The summed E-state index contributed by atoms with van der Waals surface area (Å²) in [4.78, 5) is 0. The molecule has 0 saturated heterocycles. The Morgan fingerprint density at radius 2 is 2.38 bits per heavy atom. The fraction of sp³-hybridized carbons (Fsp3) is 0.250. The normalized spacial score (nSPS) is 8.12. The summed E-state index contributed by atoms with van der Waals surface area (Å²) in [5.41, 5.74) is 1.15. The minimum Gasteiger partial charge on any atom is -0.314 e. The quantitative estimate of drug-likeness (QED) is 0.363. The van der Waals surface area contributed by atoms with Gasteiger partial charge >= 0.3 is 18.9 Å². The zero-order chi connectivity index (χ0) is 5.28. The predicted octanol–water partition coefficient (Wildman–Crippen LogP) is -0.882. The fourth-order valence-electron chi connectivity index (χ4n) is 0.366. The molecule has 1 N–H and O–H groups in total. The molecule has 1 rings (SSSR count). The number of hydrogen-bond acceptors (Lipinski definition) is 2. The Morgan fingerprint density at radius 3 is 2.50 bits per heavy atom. The molecule has 0 aliphatic rings. The van der Waals surface area contributed by atoms with E-state index in [0.717, 1.165) is 9.52 Å². The summed E-state index contributed by atoms with van der Waals surface area (Å²) in [5, 5.41) is 0. The van der Waals surface area contributed by atoms with Crippen molar-refractivity contribution in [2.24, 2.45) is 0 Å². The molecule has 0 amide bonds. The number of aromatic amines is 1. The van der Waals surface area contributed by atoms with Crippen LogP contribution in [0.4, 0.5) is 0 Å². The van der Waals surface area contributed by atoms with Crippen LogP contribution in [0.2, 0.25) is 0 Å². The van der Waals surface area contributed by atoms with E-state index in [1.165, 1.54) is 11.5 Å². The number of nitrogens with one attached hydrogen (secondary N) is 1. The van der Waals surface area contributed by atoms with E-state index in [2.05, 4.69) is 4.37 Å². The van der Waals surface area contributed by atoms with Crippen LogP contribution < -0.4 is 18.9 Å². The Hall–Kier alpha value is 0.447. The molecule has 0 unspecified atom stereocenters. The number of hydrogen-bond donors (Lipinski definition) is 1. The second-order valence-corrected chi connectivity index (χ2v) is 2.90. The van der Waals surface area contributed by atoms with Crippen molar-refractivity contribution in [2.75, 3.05) is 0 Å². The molecule has 0 bridgehead atoms. The first kappa shape index (κ1) is 8.45. The van der Waals surface area contributed by atoms with Gasteiger partial charge in [-0.25, -0.2) is 0 Å². The van der Waals surface area contributed by atoms with Crippen molar-refractivity contribution in [1.29, 1.82) is 0 Å². The largest absolute Gasteiger partial charge is 1.00 e. The minimum absolute atomic E-state index is 0. The van der Waals surface area contributed by atoms with Crippen molar-refractivity contribution in [3.63, 3.8) is 0 Å². The first-order valence-corrected chi connectivity index (χ1v) is 3.16. The smallest absolute Gasteiger partial charge is 0.314 e. The summed E-state index contributed by atoms with van der Waals surface area (Å²) in [5.74, 6) is 0. The van der Waals surface area contributed by atoms with Crippen molar-refractivity contribution in [1.82, 2.24) is 4.37 Å². The zero-order valence-electron chi connectivity index (χ0n) is 4.89. The second kappa shape index (κ2) is 3.47. The van der Waals surface area contributed by atoms with E-state index in [1.807, 2.05) is 13.0 Å². The molecular weight excluding hydrogens is 133 g/mol. The summed E-state index contributed by atoms with van der Waals surface area (Å²) in [7, 11) is 0. The van der Waals surface area contributed by atoms with Crippen molar-refractivity contribution < 1.29 is 18.9 Å². The van der Waals surface area contributed by atoms with Gasteiger partial charge in [0.05, 0.1) is 0 Å². The zero-order valence-corrected chi connectivity index (χ0v) is 6.53. The summed E-state index contributed by atoms with van der Waals surface area (Å²) < 4.78 is 3.93. The molecule has 4 heteroatoms. The van der Waals surface area contributed by atoms with Crippen molar-refractivity contribution in [2.45, 2.75) is 6.92 Å². The van der Waals surface area contributed by atoms with Gasteiger partial charge in [0, 0.05) is 5.69 Å². The molecule has 0 fully saturated rings. The van der Waals surface area contributed by atoms with Gasteiger partial charge in [0.2, 0.25) is 0 Å². The number of aryl methyl sites for hydroxylation is 1. The van der Waals surface area contributed by atoms with E-state index < -0.39 is 0 Å². The van der Waals surface area contributed by atoms with Crippen LogP contribution in [0.3, 0.4) is 0 Å². The molecule has 38 valence electrons. The van der Waals surface area contributed by atoms with E-state index in [9.17, 15) is 0 Å². The summed E-state index contributed by atoms with van der Waals surface area (Å²) in [6, 6.07) is 1.94. The maximum Gasteiger partial charge on any atom is 1.00 e. The molecule has 0 aliphatic heterocycles. The van der Waals surface area contributed by atoms with Gasteiger partial charge in [0.15, 0.2) is 0 Å². The average Bonchev–Trinajstić information content (AvgIpc) is 1.87. The van der Waals surface area contributed by atoms with Gasteiger partial charge in [-0.05, 0) is 13.0 Å². The van der Waals surface area contributed by atoms with E-state index in [4.69, 9.17) is 12.2 Å². The third kappa shape index (κ3) is 2.14. The molecule has 0 spiro atoms. The van der Waals surface area contributed by atoms with Crippen LogP contribution >= 0.6 is 23.8 Å². The molecule has 0 radical (unpaired) electrons. The summed E-state index contributed by atoms with van der Waals surface area (Å²) in [6.45, 7) is 1.99. The molecular formula is C4H5LiNS2+. The second-order valence-electron chi connectivity index (χ2n) is 1.35. The average molecular weight is 138 g/mol. The first-order valence-electron chi connectivity index (χ1n) is 1.94. The monoisotopic (exact) mass is 138 g/mol. The Bertz CT molecular complexity index is 202. The van der Waals surface area contributed by atoms with Gasteiger partial charge in [-0.3, -0.25) is 0 Å². The van der Waals surface area contributed by atoms with Crippen LogP contribution in [0.25, 0.3) is 0 Å². The van der Waals surface area contributed by atoms with Crippen LogP contribution in [-0.4, -0.2) is 4.37 Å². The van der Waals surface area contributed by atoms with Crippen LogP contribution in [0.5, 0.6) is 0 Å². The molecule has 1 aromatic heterocycles. The molecule has 1 aromatic rings. The molecule has 0 saturated carbocycles. The van der Waals surface area contributed by atoms with E-state index in [1.54, 1.807) is 0 Å². The Labute approximate surface area is 69.5 Å². The van der Waals surface area contributed by atoms with Gasteiger partial charge in [0.1, 0.15) is 3.82 Å². The standard InChI is InChI=1S/C4H5NS2.Li/c1-3-2-4(6)7-5-3;/h2,5H,1H3;/q;+1. The van der Waals surface area contributed by atoms with Crippen LogP contribution in [0.1, 0.15) is 5.69 Å². The van der Waals surface area contributed by atoms with E-state index >= 15 is 0 Å².